The van der Waals surface area contributed by atoms with E-state index in [4.69, 9.17) is 0 Å². The first-order valence-corrected chi connectivity index (χ1v) is 5.40. The van der Waals surface area contributed by atoms with Crippen LogP contribution in [0, 0.1) is 6.92 Å². The molecule has 78 valence electrons. The van der Waals surface area contributed by atoms with Crippen LogP contribution >= 0.6 is 15.9 Å². The molecule has 1 aromatic rings. The molecule has 0 saturated heterocycles. The van der Waals surface area contributed by atoms with E-state index < -0.39 is 12.2 Å². The van der Waals surface area contributed by atoms with Crippen molar-refractivity contribution in [1.82, 2.24) is 0 Å². The van der Waals surface area contributed by atoms with Gasteiger partial charge in [-0.3, -0.25) is 0 Å². The van der Waals surface area contributed by atoms with Gasteiger partial charge in [0, 0.05) is 10.9 Å². The lowest BCUT2D eigenvalue weighted by atomic mass is 10.0. The summed E-state index contributed by atoms with van der Waals surface area (Å²) in [6.07, 6.45) is -1.97. The summed E-state index contributed by atoms with van der Waals surface area (Å²) in [7, 11) is 0. The second kappa shape index (κ2) is 4.77. The Morgan fingerprint density at radius 1 is 1.36 bits per heavy atom. The fraction of sp³-hybridized carbons (Fsp3) is 0.400. The van der Waals surface area contributed by atoms with Crippen molar-refractivity contribution >= 4 is 15.9 Å². The van der Waals surface area contributed by atoms with Crippen molar-refractivity contribution in [2.75, 3.05) is 5.33 Å². The average Bonchev–Trinajstić information content (AvgIpc) is 2.15. The number of hydrogen-bond donors (Lipinski definition) is 3. The maximum absolute atomic E-state index is 9.62. The Bertz CT molecular complexity index is 314. The quantitative estimate of drug-likeness (QED) is 0.722. The summed E-state index contributed by atoms with van der Waals surface area (Å²) in [5.41, 5.74) is 1.26. The van der Waals surface area contributed by atoms with Gasteiger partial charge in [-0.1, -0.05) is 28.1 Å². The van der Waals surface area contributed by atoms with Gasteiger partial charge in [0.2, 0.25) is 0 Å². The number of aliphatic hydroxyl groups is 2. The summed E-state index contributed by atoms with van der Waals surface area (Å²) >= 11 is 3.06. The number of phenols is 1. The first-order chi connectivity index (χ1) is 6.56. The lowest BCUT2D eigenvalue weighted by molar-refractivity contribution is 0.0328. The molecule has 4 heteroatoms. The third-order valence-corrected chi connectivity index (χ3v) is 2.69. The number of aliphatic hydroxyl groups excluding tert-OH is 2. The van der Waals surface area contributed by atoms with Crippen LogP contribution in [0.1, 0.15) is 17.2 Å². The second-order valence-electron chi connectivity index (χ2n) is 3.23. The fourth-order valence-corrected chi connectivity index (χ4v) is 1.55. The van der Waals surface area contributed by atoms with E-state index >= 15 is 0 Å². The number of aromatic hydroxyl groups is 1. The summed E-state index contributed by atoms with van der Waals surface area (Å²) in [5.74, 6) is 0.0116. The van der Waals surface area contributed by atoms with Gasteiger partial charge >= 0.3 is 0 Å². The maximum Gasteiger partial charge on any atom is 0.121 e. The van der Waals surface area contributed by atoms with Gasteiger partial charge < -0.3 is 15.3 Å². The SMILES string of the molecule is Cc1ccc(C(O)C(O)CBr)c(O)c1. The highest BCUT2D eigenvalue weighted by atomic mass is 79.9. The van der Waals surface area contributed by atoms with Gasteiger partial charge in [0.25, 0.3) is 0 Å². The van der Waals surface area contributed by atoms with Crippen LogP contribution in [0.2, 0.25) is 0 Å². The molecule has 3 N–H and O–H groups in total. The first kappa shape index (κ1) is 11.5. The molecule has 14 heavy (non-hydrogen) atoms. The molecule has 3 nitrogen and oxygen atoms in total. The van der Waals surface area contributed by atoms with Crippen LogP contribution in [0.15, 0.2) is 18.2 Å². The second-order valence-corrected chi connectivity index (χ2v) is 3.88. The molecule has 0 radical (unpaired) electrons. The molecule has 0 aliphatic carbocycles. The molecule has 0 aliphatic rings. The van der Waals surface area contributed by atoms with Crippen molar-refractivity contribution in [3.63, 3.8) is 0 Å². The number of rotatable bonds is 3. The monoisotopic (exact) mass is 260 g/mol. The van der Waals surface area contributed by atoms with E-state index in [9.17, 15) is 15.3 Å². The highest BCUT2D eigenvalue weighted by molar-refractivity contribution is 9.09. The topological polar surface area (TPSA) is 60.7 Å². The Morgan fingerprint density at radius 2 is 2.00 bits per heavy atom. The zero-order valence-electron chi connectivity index (χ0n) is 7.81. The Morgan fingerprint density at radius 3 is 2.50 bits per heavy atom. The fourth-order valence-electron chi connectivity index (χ4n) is 1.20. The van der Waals surface area contributed by atoms with Crippen molar-refractivity contribution in [3.05, 3.63) is 29.3 Å². The Balaban J connectivity index is 2.95. The van der Waals surface area contributed by atoms with Crippen molar-refractivity contribution in [1.29, 1.82) is 0 Å². The van der Waals surface area contributed by atoms with Gasteiger partial charge in [0.1, 0.15) is 11.9 Å². The van der Waals surface area contributed by atoms with Crippen molar-refractivity contribution in [3.8, 4) is 5.75 Å². The molecule has 1 aromatic carbocycles. The molecule has 0 amide bonds. The lowest BCUT2D eigenvalue weighted by Crippen LogP contribution is -2.19. The molecular weight excluding hydrogens is 248 g/mol. The summed E-state index contributed by atoms with van der Waals surface area (Å²) in [6, 6.07) is 4.94. The van der Waals surface area contributed by atoms with E-state index in [1.165, 1.54) is 0 Å². The lowest BCUT2D eigenvalue weighted by Gasteiger charge is -2.17. The molecular formula is C10H13BrO3. The van der Waals surface area contributed by atoms with Crippen LogP contribution in [-0.2, 0) is 0 Å². The van der Waals surface area contributed by atoms with E-state index in [1.807, 2.05) is 6.92 Å². The predicted octanol–water partition coefficient (Wildman–Crippen LogP) is 1.49. The van der Waals surface area contributed by atoms with Crippen LogP contribution in [0.5, 0.6) is 5.75 Å². The Hall–Kier alpha value is -0.580. The number of alkyl halides is 1. The molecule has 0 saturated carbocycles. The summed E-state index contributed by atoms with van der Waals surface area (Å²) < 4.78 is 0. The molecule has 1 rings (SSSR count). The minimum atomic E-state index is -1.06. The molecule has 0 heterocycles. The number of phenolic OH excluding ortho intramolecular Hbond substituents is 1. The van der Waals surface area contributed by atoms with Crippen LogP contribution in [-0.4, -0.2) is 26.8 Å². The number of halogens is 1. The smallest absolute Gasteiger partial charge is 0.121 e. The standard InChI is InChI=1S/C10H13BrO3/c1-6-2-3-7(8(12)4-6)10(14)9(13)5-11/h2-4,9-10,12-14H,5H2,1H3. The molecule has 0 aromatic heterocycles. The number of hydrogen-bond acceptors (Lipinski definition) is 3. The predicted molar refractivity (Wildman–Crippen MR) is 57.6 cm³/mol. The van der Waals surface area contributed by atoms with E-state index in [0.29, 0.717) is 5.56 Å². The minimum absolute atomic E-state index is 0.0116. The third-order valence-electron chi connectivity index (χ3n) is 2.03. The first-order valence-electron chi connectivity index (χ1n) is 4.28. The van der Waals surface area contributed by atoms with E-state index in [2.05, 4.69) is 15.9 Å². The molecule has 2 unspecified atom stereocenters. The van der Waals surface area contributed by atoms with Crippen LogP contribution in [0.3, 0.4) is 0 Å². The van der Waals surface area contributed by atoms with Crippen LogP contribution in [0.4, 0.5) is 0 Å². The third kappa shape index (κ3) is 2.47. The normalized spacial score (nSPS) is 15.1. The van der Waals surface area contributed by atoms with Gasteiger partial charge in [-0.15, -0.1) is 0 Å². The van der Waals surface area contributed by atoms with Crippen molar-refractivity contribution < 1.29 is 15.3 Å². The van der Waals surface area contributed by atoms with Crippen molar-refractivity contribution in [2.45, 2.75) is 19.1 Å². The highest BCUT2D eigenvalue weighted by Crippen LogP contribution is 2.27. The van der Waals surface area contributed by atoms with Gasteiger partial charge in [-0.25, -0.2) is 0 Å². The molecule has 2 atom stereocenters. The number of benzene rings is 1. The van der Waals surface area contributed by atoms with Gasteiger partial charge in [-0.2, -0.15) is 0 Å². The zero-order valence-corrected chi connectivity index (χ0v) is 9.40. The Labute approximate surface area is 91.1 Å². The zero-order chi connectivity index (χ0) is 10.7. The summed E-state index contributed by atoms with van der Waals surface area (Å²) in [4.78, 5) is 0. The van der Waals surface area contributed by atoms with Crippen molar-refractivity contribution in [2.24, 2.45) is 0 Å². The minimum Gasteiger partial charge on any atom is -0.508 e. The highest BCUT2D eigenvalue weighted by Gasteiger charge is 2.19. The van der Waals surface area contributed by atoms with Crippen LogP contribution < -0.4 is 0 Å². The van der Waals surface area contributed by atoms with Gasteiger partial charge in [0.05, 0.1) is 6.10 Å². The molecule has 0 aliphatic heterocycles. The number of aryl methyl sites for hydroxylation is 1. The summed E-state index contributed by atoms with van der Waals surface area (Å²) in [5, 5.41) is 28.8. The van der Waals surface area contributed by atoms with E-state index in [-0.39, 0.29) is 11.1 Å². The maximum atomic E-state index is 9.62. The molecule has 0 spiro atoms. The van der Waals surface area contributed by atoms with Crippen LogP contribution in [0.25, 0.3) is 0 Å². The summed E-state index contributed by atoms with van der Waals surface area (Å²) in [6.45, 7) is 1.84. The van der Waals surface area contributed by atoms with E-state index in [1.54, 1.807) is 18.2 Å². The molecule has 0 fully saturated rings. The van der Waals surface area contributed by atoms with Gasteiger partial charge in [-0.05, 0) is 18.6 Å². The van der Waals surface area contributed by atoms with Gasteiger partial charge in [0.15, 0.2) is 0 Å². The molecule has 0 bridgehead atoms. The average molecular weight is 261 g/mol. The van der Waals surface area contributed by atoms with E-state index in [0.717, 1.165) is 5.56 Å². The largest absolute Gasteiger partial charge is 0.508 e. The Kier molecular flexibility index (Phi) is 3.92.